The number of carbonyl (C=O) groups is 2. The average Bonchev–Trinajstić information content (AvgIpc) is 3.24. The van der Waals surface area contributed by atoms with Crippen LogP contribution >= 0.6 is 0 Å². The number of likely N-dealkylation sites (tertiary alicyclic amines) is 2. The molecule has 2 amide bonds. The zero-order chi connectivity index (χ0) is 15.7. The van der Waals surface area contributed by atoms with Gasteiger partial charge in [-0.25, -0.2) is 0 Å². The molecule has 22 heavy (non-hydrogen) atoms. The van der Waals surface area contributed by atoms with Crippen molar-refractivity contribution in [3.8, 4) is 0 Å². The Morgan fingerprint density at radius 1 is 1.14 bits per heavy atom. The second kappa shape index (κ2) is 6.16. The van der Waals surface area contributed by atoms with Crippen LogP contribution in [0.1, 0.15) is 32.1 Å². The number of carbonyl (C=O) groups excluding carboxylic acids is 2. The number of nitrogens with zero attached hydrogens (tertiary/aromatic N) is 3. The Bertz CT molecular complexity index is 435. The minimum absolute atomic E-state index is 0.104. The molecule has 0 aromatic heterocycles. The number of nitrogens with one attached hydrogen (secondary N) is 1. The molecule has 124 valence electrons. The fourth-order valence-electron chi connectivity index (χ4n) is 3.59. The largest absolute Gasteiger partial charge is 0.349 e. The van der Waals surface area contributed by atoms with E-state index < -0.39 is 0 Å². The Morgan fingerprint density at radius 3 is 2.32 bits per heavy atom. The average molecular weight is 308 g/mol. The van der Waals surface area contributed by atoms with Gasteiger partial charge >= 0.3 is 0 Å². The first-order chi connectivity index (χ1) is 10.5. The van der Waals surface area contributed by atoms with Crippen LogP contribution in [-0.2, 0) is 9.59 Å². The monoisotopic (exact) mass is 308 g/mol. The maximum Gasteiger partial charge on any atom is 0.243 e. The van der Waals surface area contributed by atoms with Crippen LogP contribution < -0.4 is 5.32 Å². The van der Waals surface area contributed by atoms with Crippen LogP contribution in [0.4, 0.5) is 0 Å². The number of amides is 2. The van der Waals surface area contributed by atoms with Crippen LogP contribution in [0.25, 0.3) is 0 Å². The minimum Gasteiger partial charge on any atom is -0.349 e. The first-order valence-electron chi connectivity index (χ1n) is 8.50. The second-order valence-electron chi connectivity index (χ2n) is 7.24. The van der Waals surface area contributed by atoms with E-state index in [0.29, 0.717) is 19.6 Å². The van der Waals surface area contributed by atoms with Crippen molar-refractivity contribution in [2.45, 2.75) is 43.7 Å². The Morgan fingerprint density at radius 2 is 1.77 bits per heavy atom. The molecule has 0 spiro atoms. The summed E-state index contributed by atoms with van der Waals surface area (Å²) in [5.41, 5.74) is -0.247. The van der Waals surface area contributed by atoms with Crippen molar-refractivity contribution in [1.82, 2.24) is 20.0 Å². The van der Waals surface area contributed by atoms with E-state index in [-0.39, 0.29) is 23.4 Å². The van der Waals surface area contributed by atoms with Gasteiger partial charge in [0.05, 0.1) is 12.6 Å². The third kappa shape index (κ3) is 3.13. The lowest BCUT2D eigenvalue weighted by Gasteiger charge is -2.42. The molecule has 0 bridgehead atoms. The Balaban J connectivity index is 1.38. The summed E-state index contributed by atoms with van der Waals surface area (Å²) in [6.07, 6.45) is 5.60. The van der Waals surface area contributed by atoms with Crippen LogP contribution in [0.3, 0.4) is 0 Å². The summed E-state index contributed by atoms with van der Waals surface area (Å²) in [4.78, 5) is 30.7. The van der Waals surface area contributed by atoms with Crippen molar-refractivity contribution in [2.75, 3.05) is 46.8 Å². The van der Waals surface area contributed by atoms with Gasteiger partial charge in [-0.2, -0.15) is 0 Å². The van der Waals surface area contributed by atoms with E-state index in [2.05, 4.69) is 10.2 Å². The molecule has 1 N–H and O–H groups in total. The van der Waals surface area contributed by atoms with E-state index in [4.69, 9.17) is 0 Å². The maximum absolute atomic E-state index is 12.5. The summed E-state index contributed by atoms with van der Waals surface area (Å²) in [7, 11) is 3.95. The summed E-state index contributed by atoms with van der Waals surface area (Å²) in [6, 6.07) is 0.138. The van der Waals surface area contributed by atoms with Crippen molar-refractivity contribution in [3.63, 3.8) is 0 Å². The molecular formula is C16H28N4O2. The Labute approximate surface area is 132 Å². The molecule has 3 fully saturated rings. The summed E-state index contributed by atoms with van der Waals surface area (Å²) < 4.78 is 0. The van der Waals surface area contributed by atoms with Gasteiger partial charge in [-0.05, 0) is 52.9 Å². The number of rotatable bonds is 5. The lowest BCUT2D eigenvalue weighted by atomic mass is 10.1. The van der Waals surface area contributed by atoms with Crippen molar-refractivity contribution in [3.05, 3.63) is 0 Å². The number of piperidine rings is 1. The molecule has 0 radical (unpaired) electrons. The van der Waals surface area contributed by atoms with E-state index in [9.17, 15) is 9.59 Å². The molecule has 6 nitrogen and oxygen atoms in total. The van der Waals surface area contributed by atoms with Gasteiger partial charge in [0.2, 0.25) is 11.8 Å². The van der Waals surface area contributed by atoms with Crippen LogP contribution in [0, 0.1) is 0 Å². The highest BCUT2D eigenvalue weighted by atomic mass is 16.2. The summed E-state index contributed by atoms with van der Waals surface area (Å²) in [6.45, 7) is 3.91. The van der Waals surface area contributed by atoms with Gasteiger partial charge < -0.3 is 10.2 Å². The third-order valence-electron chi connectivity index (χ3n) is 5.33. The number of hydrogen-bond donors (Lipinski definition) is 1. The maximum atomic E-state index is 12.5. The molecule has 2 saturated heterocycles. The van der Waals surface area contributed by atoms with E-state index in [1.807, 2.05) is 23.9 Å². The molecule has 2 aliphatic heterocycles. The number of hydrogen-bond acceptors (Lipinski definition) is 4. The van der Waals surface area contributed by atoms with Crippen molar-refractivity contribution >= 4 is 11.8 Å². The van der Waals surface area contributed by atoms with E-state index >= 15 is 0 Å². The molecular weight excluding hydrogens is 280 g/mol. The van der Waals surface area contributed by atoms with Gasteiger partial charge in [-0.1, -0.05) is 6.42 Å². The topological polar surface area (TPSA) is 55.9 Å². The normalized spacial score (nSPS) is 25.0. The van der Waals surface area contributed by atoms with Crippen LogP contribution in [0.5, 0.6) is 0 Å². The van der Waals surface area contributed by atoms with E-state index in [1.165, 1.54) is 19.3 Å². The van der Waals surface area contributed by atoms with Gasteiger partial charge in [0.25, 0.3) is 0 Å². The highest BCUT2D eigenvalue weighted by Crippen LogP contribution is 2.42. The fourth-order valence-corrected chi connectivity index (χ4v) is 3.59. The first kappa shape index (κ1) is 15.7. The van der Waals surface area contributed by atoms with Gasteiger partial charge in [-0.15, -0.1) is 0 Å². The second-order valence-corrected chi connectivity index (χ2v) is 7.24. The lowest BCUT2D eigenvalue weighted by Crippen LogP contribution is -2.65. The van der Waals surface area contributed by atoms with E-state index in [1.54, 1.807) is 0 Å². The van der Waals surface area contributed by atoms with Crippen molar-refractivity contribution in [2.24, 2.45) is 0 Å². The van der Waals surface area contributed by atoms with Crippen LogP contribution in [0.15, 0.2) is 0 Å². The van der Waals surface area contributed by atoms with Crippen molar-refractivity contribution < 1.29 is 9.59 Å². The smallest absolute Gasteiger partial charge is 0.243 e. The molecule has 1 aliphatic carbocycles. The zero-order valence-corrected chi connectivity index (χ0v) is 13.8. The Hall–Kier alpha value is -1.14. The summed E-state index contributed by atoms with van der Waals surface area (Å²) in [5.74, 6) is 0.340. The first-order valence-corrected chi connectivity index (χ1v) is 8.50. The standard InChI is InChI=1S/C16H28N4O2/c1-18(2)16(6-7-16)15(22)20-10-13(11-20)17-14(21)12-19-8-4-3-5-9-19/h13H,3-12H2,1-2H3,(H,17,21). The molecule has 2 heterocycles. The predicted octanol–water partition coefficient (Wildman–Crippen LogP) is -0.106. The molecule has 3 rings (SSSR count). The minimum atomic E-state index is -0.247. The summed E-state index contributed by atoms with van der Waals surface area (Å²) >= 11 is 0. The number of likely N-dealkylation sites (N-methyl/N-ethyl adjacent to an activating group) is 1. The van der Waals surface area contributed by atoms with Gasteiger partial charge in [0, 0.05) is 13.1 Å². The molecule has 3 aliphatic rings. The van der Waals surface area contributed by atoms with Crippen LogP contribution in [-0.4, -0.2) is 84.9 Å². The Kier molecular flexibility index (Phi) is 4.41. The predicted molar refractivity (Wildman–Crippen MR) is 84.5 cm³/mol. The lowest BCUT2D eigenvalue weighted by molar-refractivity contribution is -0.144. The van der Waals surface area contributed by atoms with Gasteiger partial charge in [0.15, 0.2) is 0 Å². The molecule has 0 aromatic carbocycles. The van der Waals surface area contributed by atoms with Crippen LogP contribution in [0.2, 0.25) is 0 Å². The quantitative estimate of drug-likeness (QED) is 0.770. The fraction of sp³-hybridized carbons (Fsp3) is 0.875. The highest BCUT2D eigenvalue weighted by Gasteiger charge is 2.55. The van der Waals surface area contributed by atoms with E-state index in [0.717, 1.165) is 25.9 Å². The third-order valence-corrected chi connectivity index (χ3v) is 5.33. The molecule has 0 atom stereocenters. The SMILES string of the molecule is CN(C)C1(C(=O)N2CC(NC(=O)CN3CCCCC3)C2)CC1. The molecule has 6 heteroatoms. The molecule has 0 aromatic rings. The highest BCUT2D eigenvalue weighted by molar-refractivity contribution is 5.90. The summed E-state index contributed by atoms with van der Waals surface area (Å²) in [5, 5.41) is 3.06. The zero-order valence-electron chi connectivity index (χ0n) is 13.8. The molecule has 0 unspecified atom stereocenters. The van der Waals surface area contributed by atoms with Gasteiger partial charge in [-0.3, -0.25) is 19.4 Å². The molecule has 1 saturated carbocycles. The van der Waals surface area contributed by atoms with Crippen molar-refractivity contribution in [1.29, 1.82) is 0 Å². The van der Waals surface area contributed by atoms with Gasteiger partial charge in [0.1, 0.15) is 5.54 Å².